The number of pyridine rings is 2. The third-order valence-electron chi connectivity index (χ3n) is 13.7. The molecule has 0 radical (unpaired) electrons. The molecule has 0 amide bonds. The number of hydrogen-bond acceptors (Lipinski definition) is 3. The van der Waals surface area contributed by atoms with Crippen LogP contribution in [-0.4, -0.2) is 23.7 Å². The smallest absolute Gasteiger partial charge is 0.138 e. The SMILES string of the molecule is CCC(c1ccc2c(c1)c1ccccc1n2-c1ccc2c(c1)c1ccccc1n2-c1ccccc1)C(C)c1cccc2c1oc1ccc(-n3c4ccncc4c4cnccc43)cc12. The van der Waals surface area contributed by atoms with E-state index in [1.807, 2.05) is 24.8 Å². The summed E-state index contributed by atoms with van der Waals surface area (Å²) in [6.45, 7) is 4.69. The van der Waals surface area contributed by atoms with Gasteiger partial charge in [-0.1, -0.05) is 92.7 Å². The first kappa shape index (κ1) is 35.8. The molecular weight excluding hydrogens is 771 g/mol. The van der Waals surface area contributed by atoms with Gasteiger partial charge in [0.25, 0.3) is 0 Å². The van der Waals surface area contributed by atoms with Crippen LogP contribution in [0.4, 0.5) is 0 Å². The molecule has 7 aromatic carbocycles. The van der Waals surface area contributed by atoms with Gasteiger partial charge in [0.2, 0.25) is 0 Å². The Morgan fingerprint density at radius 1 is 0.444 bits per heavy atom. The molecule has 0 aliphatic heterocycles. The number of aromatic nitrogens is 5. The van der Waals surface area contributed by atoms with Crippen molar-refractivity contribution in [2.24, 2.45) is 0 Å². The fourth-order valence-corrected chi connectivity index (χ4v) is 10.8. The van der Waals surface area contributed by atoms with Gasteiger partial charge in [0, 0.05) is 84.9 Å². The highest BCUT2D eigenvalue weighted by atomic mass is 16.3. The van der Waals surface area contributed by atoms with E-state index in [4.69, 9.17) is 4.42 Å². The van der Waals surface area contributed by atoms with Gasteiger partial charge in [-0.2, -0.15) is 0 Å². The molecule has 0 aliphatic rings. The minimum absolute atomic E-state index is 0.200. The van der Waals surface area contributed by atoms with Crippen molar-refractivity contribution in [2.75, 3.05) is 0 Å². The number of fused-ring (bicyclic) bond motifs is 12. The molecule has 0 spiro atoms. The molecule has 0 fully saturated rings. The van der Waals surface area contributed by atoms with Gasteiger partial charge in [-0.05, 0) is 114 Å². The summed E-state index contributed by atoms with van der Waals surface area (Å²) in [5, 5.41) is 9.45. The second-order valence-electron chi connectivity index (χ2n) is 16.9. The Balaban J connectivity index is 0.912. The molecule has 6 aromatic heterocycles. The number of para-hydroxylation sites is 4. The first-order valence-electron chi connectivity index (χ1n) is 21.9. The van der Waals surface area contributed by atoms with Crippen LogP contribution in [0, 0.1) is 0 Å². The minimum atomic E-state index is 0.200. The van der Waals surface area contributed by atoms with Crippen molar-refractivity contribution in [3.05, 3.63) is 200 Å². The van der Waals surface area contributed by atoms with Crippen molar-refractivity contribution in [1.82, 2.24) is 23.7 Å². The van der Waals surface area contributed by atoms with Crippen molar-refractivity contribution in [3.63, 3.8) is 0 Å². The van der Waals surface area contributed by atoms with Gasteiger partial charge in [-0.3, -0.25) is 9.97 Å². The van der Waals surface area contributed by atoms with Gasteiger partial charge < -0.3 is 18.1 Å². The van der Waals surface area contributed by atoms with Crippen LogP contribution in [0.25, 0.3) is 104 Å². The lowest BCUT2D eigenvalue weighted by molar-refractivity contribution is 0.552. The summed E-state index contributed by atoms with van der Waals surface area (Å²) in [6, 6.07) is 59.8. The Bertz CT molecular complexity index is 3890. The van der Waals surface area contributed by atoms with Crippen LogP contribution in [0.15, 0.2) is 193 Å². The average molecular weight is 812 g/mol. The molecule has 0 N–H and O–H groups in total. The normalized spacial score (nSPS) is 13.2. The predicted octanol–water partition coefficient (Wildman–Crippen LogP) is 15.0. The Labute approximate surface area is 362 Å². The van der Waals surface area contributed by atoms with E-state index in [-0.39, 0.29) is 11.8 Å². The quantitative estimate of drug-likeness (QED) is 0.161. The summed E-state index contributed by atoms with van der Waals surface area (Å²) < 4.78 is 13.9. The van der Waals surface area contributed by atoms with E-state index < -0.39 is 0 Å². The molecule has 6 heterocycles. The van der Waals surface area contributed by atoms with Gasteiger partial charge in [0.05, 0.1) is 33.1 Å². The van der Waals surface area contributed by atoms with Crippen LogP contribution >= 0.6 is 0 Å². The van der Waals surface area contributed by atoms with E-state index in [1.54, 1.807) is 0 Å². The van der Waals surface area contributed by atoms with E-state index in [2.05, 4.69) is 201 Å². The summed E-state index contributed by atoms with van der Waals surface area (Å²) in [7, 11) is 0. The van der Waals surface area contributed by atoms with E-state index >= 15 is 0 Å². The van der Waals surface area contributed by atoms with Crippen LogP contribution < -0.4 is 0 Å². The number of rotatable bonds is 7. The third-order valence-corrected chi connectivity index (χ3v) is 13.7. The molecule has 13 aromatic rings. The lowest BCUT2D eigenvalue weighted by atomic mass is 9.80. The second-order valence-corrected chi connectivity index (χ2v) is 16.9. The van der Waals surface area contributed by atoms with Crippen molar-refractivity contribution < 1.29 is 4.42 Å². The van der Waals surface area contributed by atoms with Gasteiger partial charge in [0.15, 0.2) is 0 Å². The van der Waals surface area contributed by atoms with Gasteiger partial charge in [-0.15, -0.1) is 0 Å². The van der Waals surface area contributed by atoms with Gasteiger partial charge in [-0.25, -0.2) is 0 Å². The van der Waals surface area contributed by atoms with E-state index in [1.165, 1.54) is 54.7 Å². The van der Waals surface area contributed by atoms with Crippen molar-refractivity contribution >= 4 is 87.4 Å². The second kappa shape index (κ2) is 13.8. The Morgan fingerprint density at radius 3 is 1.67 bits per heavy atom. The summed E-state index contributed by atoms with van der Waals surface area (Å²) in [5.74, 6) is 0.470. The number of nitrogens with zero attached hydrogens (tertiary/aromatic N) is 5. The molecular formula is C57H41N5O. The molecule has 0 aliphatic carbocycles. The molecule has 13 rings (SSSR count). The van der Waals surface area contributed by atoms with Gasteiger partial charge >= 0.3 is 0 Å². The van der Waals surface area contributed by atoms with Crippen LogP contribution in [-0.2, 0) is 0 Å². The maximum atomic E-state index is 6.81. The highest BCUT2D eigenvalue weighted by Crippen LogP contribution is 2.44. The van der Waals surface area contributed by atoms with Crippen LogP contribution in [0.5, 0.6) is 0 Å². The molecule has 2 unspecified atom stereocenters. The van der Waals surface area contributed by atoms with Crippen LogP contribution in [0.3, 0.4) is 0 Å². The van der Waals surface area contributed by atoms with E-state index in [0.29, 0.717) is 0 Å². The first-order valence-corrected chi connectivity index (χ1v) is 21.9. The molecule has 63 heavy (non-hydrogen) atoms. The fraction of sp³-hybridized carbons (Fsp3) is 0.0877. The molecule has 2 atom stereocenters. The maximum Gasteiger partial charge on any atom is 0.138 e. The highest BCUT2D eigenvalue weighted by Gasteiger charge is 2.25. The summed E-state index contributed by atoms with van der Waals surface area (Å²) in [5.41, 5.74) is 14.9. The first-order chi connectivity index (χ1) is 31.1. The number of benzene rings is 7. The van der Waals surface area contributed by atoms with Crippen molar-refractivity contribution in [2.45, 2.75) is 32.1 Å². The summed E-state index contributed by atoms with van der Waals surface area (Å²) >= 11 is 0. The van der Waals surface area contributed by atoms with Crippen molar-refractivity contribution in [1.29, 1.82) is 0 Å². The average Bonchev–Trinajstić information content (AvgIpc) is 4.08. The zero-order chi connectivity index (χ0) is 41.8. The zero-order valence-electron chi connectivity index (χ0n) is 34.9. The third kappa shape index (κ3) is 5.25. The molecule has 6 nitrogen and oxygen atoms in total. The standard InChI is InChI=1S/C57H41N5O/c1-3-40(35(2)41-16-11-17-44-47-32-39(22-25-56(47)63-57(41)44)62-54-26-28-58-33-48(54)49-34-59-29-27-55(49)62)36-20-23-52-45(30-36)42-14-7-10-19-51(42)61(52)38-21-24-53-46(31-38)43-15-8-9-18-50(43)60(53)37-12-5-4-6-13-37/h4-35,40H,3H2,1-2H3. The van der Waals surface area contributed by atoms with Crippen LogP contribution in [0.2, 0.25) is 0 Å². The zero-order valence-corrected chi connectivity index (χ0v) is 34.9. The monoisotopic (exact) mass is 811 g/mol. The van der Waals surface area contributed by atoms with E-state index in [9.17, 15) is 0 Å². The summed E-state index contributed by atoms with van der Waals surface area (Å²) in [4.78, 5) is 8.86. The lowest BCUT2D eigenvalue weighted by Crippen LogP contribution is -2.08. The highest BCUT2D eigenvalue weighted by molar-refractivity contribution is 6.13. The summed E-state index contributed by atoms with van der Waals surface area (Å²) in [6.07, 6.45) is 8.57. The number of furan rings is 1. The molecule has 300 valence electrons. The maximum absolute atomic E-state index is 6.81. The lowest BCUT2D eigenvalue weighted by Gasteiger charge is -2.24. The predicted molar refractivity (Wildman–Crippen MR) is 260 cm³/mol. The van der Waals surface area contributed by atoms with Gasteiger partial charge in [0.1, 0.15) is 11.2 Å². The van der Waals surface area contributed by atoms with E-state index in [0.717, 1.165) is 67.2 Å². The minimum Gasteiger partial charge on any atom is -0.456 e. The largest absolute Gasteiger partial charge is 0.456 e. The number of hydrogen-bond donors (Lipinski definition) is 0. The molecule has 0 saturated heterocycles. The topological polar surface area (TPSA) is 53.7 Å². The Hall–Kier alpha value is -7.96. The van der Waals surface area contributed by atoms with Crippen LogP contribution in [0.1, 0.15) is 43.2 Å². The Kier molecular flexibility index (Phi) is 7.82. The molecule has 0 saturated carbocycles. The molecule has 0 bridgehead atoms. The fourth-order valence-electron chi connectivity index (χ4n) is 10.8. The Morgan fingerprint density at radius 2 is 0.984 bits per heavy atom. The van der Waals surface area contributed by atoms with Crippen molar-refractivity contribution in [3.8, 4) is 17.1 Å². The molecule has 6 heteroatoms.